The van der Waals surface area contributed by atoms with E-state index in [2.05, 4.69) is 249 Å². The lowest BCUT2D eigenvalue weighted by Gasteiger charge is -2.57. The number of aryl methyl sites for hydroxylation is 3. The third kappa shape index (κ3) is 8.39. The lowest BCUT2D eigenvalue weighted by atomic mass is 9.48. The molecule has 3 heteroatoms. The molecule has 0 radical (unpaired) electrons. The number of hydrogen-bond donors (Lipinski definition) is 0. The van der Waals surface area contributed by atoms with Crippen molar-refractivity contribution < 1.29 is 4.42 Å². The first kappa shape index (κ1) is 46.2. The normalized spacial score (nSPS) is 18.6. The summed E-state index contributed by atoms with van der Waals surface area (Å²) in [7, 11) is 0. The second-order valence-electron chi connectivity index (χ2n) is 22.6. The van der Waals surface area contributed by atoms with Crippen LogP contribution in [0.2, 0.25) is 0 Å². The minimum Gasteiger partial charge on any atom is -0.456 e. The van der Waals surface area contributed by atoms with Crippen molar-refractivity contribution in [3.63, 3.8) is 0 Å². The first-order valence-corrected chi connectivity index (χ1v) is 27.5. The maximum absolute atomic E-state index is 6.37. The van der Waals surface area contributed by atoms with Gasteiger partial charge in [-0.2, -0.15) is 0 Å². The number of fused-ring (bicyclic) bond motifs is 3. The molecule has 0 N–H and O–H groups in total. The maximum Gasteiger partial charge on any atom is 0.137 e. The molecule has 4 aliphatic carbocycles. The molecular formula is C73H62N2O. The van der Waals surface area contributed by atoms with Crippen LogP contribution >= 0.6 is 0 Å². The van der Waals surface area contributed by atoms with Crippen molar-refractivity contribution in [3.8, 4) is 44.5 Å². The summed E-state index contributed by atoms with van der Waals surface area (Å²) < 4.78 is 6.37. The zero-order valence-electron chi connectivity index (χ0n) is 43.7. The zero-order valence-corrected chi connectivity index (χ0v) is 43.7. The molecule has 1 heterocycles. The highest BCUT2D eigenvalue weighted by Crippen LogP contribution is 2.61. The number of hydrogen-bond acceptors (Lipinski definition) is 3. The Kier molecular flexibility index (Phi) is 11.4. The topological polar surface area (TPSA) is 19.6 Å². The van der Waals surface area contributed by atoms with Gasteiger partial charge in [-0.1, -0.05) is 151 Å². The molecule has 3 nitrogen and oxygen atoms in total. The van der Waals surface area contributed by atoms with Crippen molar-refractivity contribution >= 4 is 56.1 Å². The Labute approximate surface area is 447 Å². The van der Waals surface area contributed by atoms with E-state index in [1.54, 1.807) is 5.56 Å². The first-order valence-electron chi connectivity index (χ1n) is 27.5. The Morgan fingerprint density at radius 1 is 0.342 bits per heavy atom. The predicted molar refractivity (Wildman–Crippen MR) is 319 cm³/mol. The third-order valence-corrected chi connectivity index (χ3v) is 17.6. The highest BCUT2D eigenvalue weighted by molar-refractivity contribution is 6.06. The van der Waals surface area contributed by atoms with Crippen LogP contribution in [0.25, 0.3) is 66.4 Å². The highest BCUT2D eigenvalue weighted by atomic mass is 16.3. The van der Waals surface area contributed by atoms with E-state index < -0.39 is 0 Å². The van der Waals surface area contributed by atoms with E-state index in [4.69, 9.17) is 4.42 Å². The van der Waals surface area contributed by atoms with Crippen LogP contribution in [-0.2, 0) is 5.41 Å². The molecule has 15 rings (SSSR count). The van der Waals surface area contributed by atoms with Crippen molar-refractivity contribution in [2.45, 2.75) is 64.7 Å². The number of para-hydroxylation sites is 1. The van der Waals surface area contributed by atoms with E-state index in [0.717, 1.165) is 73.8 Å². The van der Waals surface area contributed by atoms with Crippen LogP contribution in [0.15, 0.2) is 235 Å². The first-order chi connectivity index (χ1) is 37.3. The molecule has 4 fully saturated rings. The summed E-state index contributed by atoms with van der Waals surface area (Å²) in [6, 6.07) is 85.1. The van der Waals surface area contributed by atoms with Crippen LogP contribution in [0, 0.1) is 38.5 Å². The second-order valence-corrected chi connectivity index (χ2v) is 22.6. The zero-order chi connectivity index (χ0) is 50.9. The van der Waals surface area contributed by atoms with Gasteiger partial charge in [-0.25, -0.2) is 0 Å². The summed E-state index contributed by atoms with van der Waals surface area (Å²) in [5, 5.41) is 2.26. The Balaban J connectivity index is 0.742. The van der Waals surface area contributed by atoms with Gasteiger partial charge < -0.3 is 14.2 Å². The summed E-state index contributed by atoms with van der Waals surface area (Å²) in [4.78, 5) is 4.76. The quantitative estimate of drug-likeness (QED) is 0.129. The molecule has 4 saturated carbocycles. The van der Waals surface area contributed by atoms with Crippen LogP contribution < -0.4 is 9.80 Å². The molecule has 0 aliphatic heterocycles. The van der Waals surface area contributed by atoms with E-state index in [9.17, 15) is 0 Å². The van der Waals surface area contributed by atoms with E-state index in [0.29, 0.717) is 5.41 Å². The number of benzene rings is 10. The molecule has 0 spiro atoms. The standard InChI is InChI=1S/C73H62N2O/c1-48-13-29-63(30-14-48)75(66-35-36-68-67-11-7-8-12-71(67)76-72(68)44-66)70-38-26-61(40-50(70)3)59-17-15-58(16-18-59)60-25-37-69(49(2)39-60)74(64-31-21-56(22-32-64)54-9-5-4-6-10-54)65-33-23-57(24-34-65)55-19-27-62(28-20-55)73-45-51-41-52(46-73)43-53(42-51)47-73/h4-40,44,51-53H,41-43,45-47H2,1-3H3. The molecule has 0 atom stereocenters. The van der Waals surface area contributed by atoms with E-state index in [1.165, 1.54) is 99.7 Å². The summed E-state index contributed by atoms with van der Waals surface area (Å²) in [6.45, 7) is 6.60. The third-order valence-electron chi connectivity index (χ3n) is 17.6. The number of anilines is 6. The smallest absolute Gasteiger partial charge is 0.137 e. The maximum atomic E-state index is 6.37. The summed E-state index contributed by atoms with van der Waals surface area (Å²) in [5.74, 6) is 2.85. The van der Waals surface area contributed by atoms with Gasteiger partial charge in [0.25, 0.3) is 0 Å². The fraction of sp³-hybridized carbons (Fsp3) is 0.178. The van der Waals surface area contributed by atoms with Crippen LogP contribution in [-0.4, -0.2) is 0 Å². The van der Waals surface area contributed by atoms with Crippen LogP contribution in [0.1, 0.15) is 60.8 Å². The Morgan fingerprint density at radius 2 is 0.737 bits per heavy atom. The lowest BCUT2D eigenvalue weighted by Crippen LogP contribution is -2.48. The molecule has 0 amide bonds. The molecule has 4 bridgehead atoms. The summed E-state index contributed by atoms with van der Waals surface area (Å²) in [6.07, 6.45) is 8.64. The molecule has 11 aromatic rings. The van der Waals surface area contributed by atoms with Crippen LogP contribution in [0.5, 0.6) is 0 Å². The van der Waals surface area contributed by atoms with E-state index >= 15 is 0 Å². The number of furan rings is 1. The predicted octanol–water partition coefficient (Wildman–Crippen LogP) is 20.6. The van der Waals surface area contributed by atoms with Crippen molar-refractivity contribution in [2.75, 3.05) is 9.80 Å². The molecule has 0 saturated heterocycles. The van der Waals surface area contributed by atoms with Crippen LogP contribution in [0.4, 0.5) is 34.1 Å². The summed E-state index contributed by atoms with van der Waals surface area (Å²) >= 11 is 0. The van der Waals surface area contributed by atoms with Gasteiger partial charge in [0.1, 0.15) is 11.2 Å². The minimum atomic E-state index is 0.416. The fourth-order valence-electron chi connectivity index (χ4n) is 14.1. The van der Waals surface area contributed by atoms with Gasteiger partial charge in [0.05, 0.1) is 0 Å². The Hall–Kier alpha value is -8.40. The number of rotatable bonds is 11. The highest BCUT2D eigenvalue weighted by Gasteiger charge is 2.51. The fourth-order valence-corrected chi connectivity index (χ4v) is 14.1. The van der Waals surface area contributed by atoms with Gasteiger partial charge in [0.2, 0.25) is 0 Å². The average molecular weight is 983 g/mol. The molecular weight excluding hydrogens is 921 g/mol. The van der Waals surface area contributed by atoms with E-state index in [-0.39, 0.29) is 0 Å². The van der Waals surface area contributed by atoms with Gasteiger partial charge in [0.15, 0.2) is 0 Å². The SMILES string of the molecule is Cc1ccc(N(c2ccc3c(c2)oc2ccccc23)c2ccc(-c3ccc(-c4ccc(N(c5ccc(-c6ccccc6)cc5)c5ccc(-c6ccc(C78CC9CC(CC(C9)C7)C8)cc6)cc5)c(C)c4)cc3)cc2C)cc1. The molecule has 0 unspecified atom stereocenters. The molecule has 10 aromatic carbocycles. The summed E-state index contributed by atoms with van der Waals surface area (Å²) in [5.41, 5.74) is 23.9. The van der Waals surface area contributed by atoms with Crippen molar-refractivity contribution in [2.24, 2.45) is 17.8 Å². The van der Waals surface area contributed by atoms with Gasteiger partial charge in [-0.3, -0.25) is 0 Å². The van der Waals surface area contributed by atoms with Crippen molar-refractivity contribution in [1.29, 1.82) is 0 Å². The van der Waals surface area contributed by atoms with Gasteiger partial charge >= 0.3 is 0 Å². The van der Waals surface area contributed by atoms with Crippen molar-refractivity contribution in [3.05, 3.63) is 253 Å². The Morgan fingerprint density at radius 3 is 1.26 bits per heavy atom. The largest absolute Gasteiger partial charge is 0.456 e. The van der Waals surface area contributed by atoms with Gasteiger partial charge in [-0.05, 0) is 223 Å². The minimum absolute atomic E-state index is 0.416. The van der Waals surface area contributed by atoms with E-state index in [1.807, 2.05) is 12.1 Å². The average Bonchev–Trinajstić information content (AvgIpc) is 3.84. The molecule has 370 valence electrons. The van der Waals surface area contributed by atoms with Gasteiger partial charge in [-0.15, -0.1) is 0 Å². The Bertz CT molecular complexity index is 3870. The lowest BCUT2D eigenvalue weighted by molar-refractivity contribution is -0.00518. The van der Waals surface area contributed by atoms with Gasteiger partial charge in [0, 0.05) is 51.0 Å². The molecule has 76 heavy (non-hydrogen) atoms. The molecule has 1 aromatic heterocycles. The monoisotopic (exact) mass is 982 g/mol. The number of nitrogens with zero attached hydrogens (tertiary/aromatic N) is 2. The van der Waals surface area contributed by atoms with Crippen molar-refractivity contribution in [1.82, 2.24) is 0 Å². The molecule has 4 aliphatic rings. The van der Waals surface area contributed by atoms with Crippen LogP contribution in [0.3, 0.4) is 0 Å². The second kappa shape index (κ2) is 18.8.